The molecule has 4 nitrogen and oxygen atoms in total. The monoisotopic (exact) mass is 289 g/mol. The van der Waals surface area contributed by atoms with E-state index in [1.54, 1.807) is 18.2 Å². The molecule has 0 amide bonds. The molecule has 1 aromatic carbocycles. The van der Waals surface area contributed by atoms with Gasteiger partial charge in [-0.1, -0.05) is 19.1 Å². The number of hydrogen-bond acceptors (Lipinski definition) is 3. The number of benzene rings is 1. The summed E-state index contributed by atoms with van der Waals surface area (Å²) in [4.78, 5) is 13.5. The molecule has 2 fully saturated rings. The van der Waals surface area contributed by atoms with E-state index in [2.05, 4.69) is 11.8 Å². The lowest BCUT2D eigenvalue weighted by atomic mass is 10.1. The third-order valence-corrected chi connectivity index (χ3v) is 4.67. The van der Waals surface area contributed by atoms with Gasteiger partial charge < -0.3 is 9.84 Å². The van der Waals surface area contributed by atoms with Crippen LogP contribution in [0.1, 0.15) is 42.1 Å². The van der Waals surface area contributed by atoms with Crippen LogP contribution in [0.25, 0.3) is 0 Å². The van der Waals surface area contributed by atoms with Gasteiger partial charge in [-0.05, 0) is 42.9 Å². The lowest BCUT2D eigenvalue weighted by Crippen LogP contribution is -2.38. The van der Waals surface area contributed by atoms with Gasteiger partial charge in [0.15, 0.2) is 0 Å². The first kappa shape index (κ1) is 14.5. The molecule has 21 heavy (non-hydrogen) atoms. The van der Waals surface area contributed by atoms with Crippen LogP contribution >= 0.6 is 0 Å². The maximum Gasteiger partial charge on any atom is 0.335 e. The summed E-state index contributed by atoms with van der Waals surface area (Å²) in [6.07, 6.45) is 3.83. The minimum atomic E-state index is -0.885. The van der Waals surface area contributed by atoms with E-state index in [0.29, 0.717) is 18.3 Å². The fourth-order valence-corrected chi connectivity index (χ4v) is 3.19. The summed E-state index contributed by atoms with van der Waals surface area (Å²) in [6, 6.07) is 7.83. The summed E-state index contributed by atoms with van der Waals surface area (Å²) in [5.74, 6) is -0.00932. The Bertz CT molecular complexity index is 509. The minimum Gasteiger partial charge on any atom is -0.478 e. The van der Waals surface area contributed by atoms with Crippen molar-refractivity contribution in [3.05, 3.63) is 35.4 Å². The lowest BCUT2D eigenvalue weighted by Gasteiger charge is -2.32. The molecule has 0 radical (unpaired) electrons. The zero-order valence-electron chi connectivity index (χ0n) is 12.5. The van der Waals surface area contributed by atoms with Gasteiger partial charge in [0.2, 0.25) is 0 Å². The molecule has 0 bridgehead atoms. The average Bonchev–Trinajstić information content (AvgIpc) is 3.23. The molecule has 4 heteroatoms. The fourth-order valence-electron chi connectivity index (χ4n) is 3.19. The van der Waals surface area contributed by atoms with Crippen molar-refractivity contribution in [1.82, 2.24) is 4.90 Å². The summed E-state index contributed by atoms with van der Waals surface area (Å²) in [5, 5.41) is 8.99. The molecule has 1 aromatic rings. The molecular weight excluding hydrogens is 266 g/mol. The van der Waals surface area contributed by atoms with Gasteiger partial charge in [-0.25, -0.2) is 4.79 Å². The van der Waals surface area contributed by atoms with Crippen LogP contribution in [-0.2, 0) is 11.3 Å². The van der Waals surface area contributed by atoms with Gasteiger partial charge >= 0.3 is 5.97 Å². The molecule has 1 unspecified atom stereocenters. The molecule has 1 aliphatic heterocycles. The van der Waals surface area contributed by atoms with E-state index < -0.39 is 5.97 Å². The third-order valence-electron chi connectivity index (χ3n) is 4.67. The van der Waals surface area contributed by atoms with Crippen LogP contribution in [0.2, 0.25) is 0 Å². The molecule has 2 atom stereocenters. The number of nitrogens with zero attached hydrogens (tertiary/aromatic N) is 1. The molecule has 1 saturated heterocycles. The van der Waals surface area contributed by atoms with Gasteiger partial charge in [0.1, 0.15) is 0 Å². The molecular formula is C17H23NO3. The highest BCUT2D eigenvalue weighted by Gasteiger charge is 2.39. The van der Waals surface area contributed by atoms with E-state index >= 15 is 0 Å². The molecule has 1 aliphatic carbocycles. The number of carboxylic acid groups (broad SMARTS) is 1. The van der Waals surface area contributed by atoms with Crippen LogP contribution < -0.4 is 0 Å². The Morgan fingerprint density at radius 1 is 1.38 bits per heavy atom. The normalized spacial score (nSPS) is 26.7. The lowest BCUT2D eigenvalue weighted by molar-refractivity contribution is -0.00474. The Labute approximate surface area is 125 Å². The Kier molecular flexibility index (Phi) is 4.27. The van der Waals surface area contributed by atoms with Gasteiger partial charge in [0, 0.05) is 19.1 Å². The summed E-state index contributed by atoms with van der Waals surface area (Å²) >= 11 is 0. The van der Waals surface area contributed by atoms with Crippen molar-refractivity contribution >= 4 is 5.97 Å². The van der Waals surface area contributed by atoms with Crippen LogP contribution in [0.15, 0.2) is 24.3 Å². The van der Waals surface area contributed by atoms with Crippen LogP contribution in [0.3, 0.4) is 0 Å². The largest absolute Gasteiger partial charge is 0.478 e. The number of hydrogen-bond donors (Lipinski definition) is 1. The van der Waals surface area contributed by atoms with Crippen molar-refractivity contribution in [3.8, 4) is 0 Å². The predicted octanol–water partition coefficient (Wildman–Crippen LogP) is 2.77. The number of carboxylic acids is 1. The summed E-state index contributed by atoms with van der Waals surface area (Å²) in [7, 11) is 0. The standard InChI is InChI=1S/C17H23NO3/c1-12-9-16(12)18-7-5-15(6-8-18)21-11-13-3-2-4-14(10-13)17(19)20/h2-4,10,12,15-16H,5-9,11H2,1H3,(H,19,20)/t12-,16?/m0/s1. The number of carbonyl (C=O) groups is 1. The maximum atomic E-state index is 10.9. The van der Waals surface area contributed by atoms with Crippen molar-refractivity contribution in [1.29, 1.82) is 0 Å². The van der Waals surface area contributed by atoms with E-state index in [0.717, 1.165) is 43.5 Å². The van der Waals surface area contributed by atoms with E-state index in [-0.39, 0.29) is 0 Å². The van der Waals surface area contributed by atoms with Crippen molar-refractivity contribution in [3.63, 3.8) is 0 Å². The molecule has 0 spiro atoms. The number of piperidine rings is 1. The van der Waals surface area contributed by atoms with Gasteiger partial charge in [0.05, 0.1) is 18.3 Å². The van der Waals surface area contributed by atoms with Crippen molar-refractivity contribution < 1.29 is 14.6 Å². The summed E-state index contributed by atoms with van der Waals surface area (Å²) < 4.78 is 5.96. The number of ether oxygens (including phenoxy) is 1. The maximum absolute atomic E-state index is 10.9. The van der Waals surface area contributed by atoms with E-state index in [1.807, 2.05) is 6.07 Å². The quantitative estimate of drug-likeness (QED) is 0.905. The first-order chi connectivity index (χ1) is 10.1. The molecule has 1 saturated carbocycles. The van der Waals surface area contributed by atoms with Gasteiger partial charge in [-0.15, -0.1) is 0 Å². The average molecular weight is 289 g/mol. The summed E-state index contributed by atoms with van der Waals surface area (Å²) in [6.45, 7) is 5.10. The third kappa shape index (κ3) is 3.63. The molecule has 3 rings (SSSR count). The first-order valence-electron chi connectivity index (χ1n) is 7.81. The predicted molar refractivity (Wildman–Crippen MR) is 80.4 cm³/mol. The van der Waals surface area contributed by atoms with Crippen LogP contribution in [0.4, 0.5) is 0 Å². The van der Waals surface area contributed by atoms with Crippen LogP contribution in [0.5, 0.6) is 0 Å². The molecule has 1 heterocycles. The van der Waals surface area contributed by atoms with Crippen LogP contribution in [-0.4, -0.2) is 41.2 Å². The second kappa shape index (κ2) is 6.16. The Hall–Kier alpha value is -1.39. The minimum absolute atomic E-state index is 0.309. The Morgan fingerprint density at radius 2 is 2.10 bits per heavy atom. The van der Waals surface area contributed by atoms with Gasteiger partial charge in [-0.3, -0.25) is 4.90 Å². The molecule has 114 valence electrons. The zero-order valence-corrected chi connectivity index (χ0v) is 12.5. The highest BCUT2D eigenvalue weighted by atomic mass is 16.5. The van der Waals surface area contributed by atoms with Gasteiger partial charge in [-0.2, -0.15) is 0 Å². The second-order valence-corrected chi connectivity index (χ2v) is 6.33. The number of likely N-dealkylation sites (tertiary alicyclic amines) is 1. The number of aromatic carboxylic acids is 1. The van der Waals surface area contributed by atoms with Crippen molar-refractivity contribution in [2.24, 2.45) is 5.92 Å². The van der Waals surface area contributed by atoms with E-state index in [4.69, 9.17) is 9.84 Å². The molecule has 0 aromatic heterocycles. The highest BCUT2D eigenvalue weighted by molar-refractivity contribution is 5.87. The summed E-state index contributed by atoms with van der Waals surface area (Å²) in [5.41, 5.74) is 1.27. The fraction of sp³-hybridized carbons (Fsp3) is 0.588. The second-order valence-electron chi connectivity index (χ2n) is 6.33. The first-order valence-corrected chi connectivity index (χ1v) is 7.81. The Balaban J connectivity index is 1.45. The van der Waals surface area contributed by atoms with Crippen molar-refractivity contribution in [2.45, 2.75) is 44.9 Å². The smallest absolute Gasteiger partial charge is 0.335 e. The number of rotatable bonds is 5. The van der Waals surface area contributed by atoms with Crippen molar-refractivity contribution in [2.75, 3.05) is 13.1 Å². The van der Waals surface area contributed by atoms with Gasteiger partial charge in [0.25, 0.3) is 0 Å². The SMILES string of the molecule is C[C@H]1CC1N1CCC(OCc2cccc(C(=O)O)c2)CC1. The van der Waals surface area contributed by atoms with E-state index in [1.165, 1.54) is 6.42 Å². The van der Waals surface area contributed by atoms with Crippen LogP contribution in [0, 0.1) is 5.92 Å². The highest BCUT2D eigenvalue weighted by Crippen LogP contribution is 2.36. The molecule has 2 aliphatic rings. The molecule has 1 N–H and O–H groups in total. The Morgan fingerprint density at radius 3 is 2.71 bits per heavy atom. The topological polar surface area (TPSA) is 49.8 Å². The van der Waals surface area contributed by atoms with E-state index in [9.17, 15) is 4.79 Å². The zero-order chi connectivity index (χ0) is 14.8.